The molecule has 0 aliphatic rings. The van der Waals surface area contributed by atoms with Gasteiger partial charge >= 0.3 is 0 Å². The number of rotatable bonds is 5. The topological polar surface area (TPSA) is 70.4 Å². The molecule has 7 heteroatoms. The third kappa shape index (κ3) is 4.37. The van der Waals surface area contributed by atoms with Crippen LogP contribution in [0.25, 0.3) is 0 Å². The molecule has 0 bridgehead atoms. The van der Waals surface area contributed by atoms with Gasteiger partial charge in [0.1, 0.15) is 0 Å². The normalized spacial score (nSPS) is 11.5. The molecular weight excluding hydrogens is 314 g/mol. The van der Waals surface area contributed by atoms with Crippen LogP contribution in [0.2, 0.25) is 0 Å². The fraction of sp³-hybridized carbons (Fsp3) is 0.250. The molecular formula is C16H20N3O3S+. The molecule has 2 aromatic rings. The lowest BCUT2D eigenvalue weighted by molar-refractivity contribution is -0.684. The number of nitrogens with one attached hydrogen (secondary N) is 1. The van der Waals surface area contributed by atoms with E-state index in [1.807, 2.05) is 31.5 Å². The molecule has 0 unspecified atom stereocenters. The van der Waals surface area contributed by atoms with Crippen molar-refractivity contribution in [3.05, 3.63) is 54.4 Å². The van der Waals surface area contributed by atoms with E-state index in [9.17, 15) is 13.2 Å². The summed E-state index contributed by atoms with van der Waals surface area (Å²) in [4.78, 5) is 12.2. The van der Waals surface area contributed by atoms with Gasteiger partial charge in [0, 0.05) is 31.9 Å². The molecule has 1 N–H and O–H groups in total. The molecule has 1 heterocycles. The Labute approximate surface area is 136 Å². The summed E-state index contributed by atoms with van der Waals surface area (Å²) in [5.74, 6) is -0.224. The average Bonchev–Trinajstić information content (AvgIpc) is 2.49. The van der Waals surface area contributed by atoms with E-state index in [2.05, 4.69) is 5.32 Å². The summed E-state index contributed by atoms with van der Waals surface area (Å²) < 4.78 is 27.1. The molecule has 0 spiro atoms. The molecule has 0 aliphatic heterocycles. The van der Waals surface area contributed by atoms with Crippen molar-refractivity contribution in [2.75, 3.05) is 19.4 Å². The van der Waals surface area contributed by atoms with E-state index in [4.69, 9.17) is 0 Å². The quantitative estimate of drug-likeness (QED) is 0.835. The molecule has 0 saturated heterocycles. The van der Waals surface area contributed by atoms with Gasteiger partial charge in [0.2, 0.25) is 16.6 Å². The fourth-order valence-electron chi connectivity index (χ4n) is 1.95. The number of anilines is 1. The Balaban J connectivity index is 2.11. The number of hydrogen-bond acceptors (Lipinski definition) is 3. The Hall–Kier alpha value is -2.25. The Morgan fingerprint density at radius 3 is 2.43 bits per heavy atom. The minimum absolute atomic E-state index is 0.142. The third-order valence-electron chi connectivity index (χ3n) is 3.28. The first-order valence-corrected chi connectivity index (χ1v) is 8.51. The van der Waals surface area contributed by atoms with Crippen molar-refractivity contribution < 1.29 is 17.8 Å². The smallest absolute Gasteiger partial charge is 0.290 e. The van der Waals surface area contributed by atoms with Crippen LogP contribution in [0.15, 0.2) is 53.7 Å². The molecule has 1 aromatic heterocycles. The van der Waals surface area contributed by atoms with Gasteiger partial charge in [0.05, 0.1) is 4.90 Å². The van der Waals surface area contributed by atoms with E-state index < -0.39 is 10.0 Å². The van der Waals surface area contributed by atoms with Crippen molar-refractivity contribution in [3.8, 4) is 0 Å². The van der Waals surface area contributed by atoms with E-state index in [1.54, 1.807) is 16.7 Å². The summed E-state index contributed by atoms with van der Waals surface area (Å²) in [6.45, 7) is 2.13. The second-order valence-corrected chi connectivity index (χ2v) is 7.56. The number of carbonyl (C=O) groups is 1. The van der Waals surface area contributed by atoms with Crippen molar-refractivity contribution in [2.45, 2.75) is 18.4 Å². The van der Waals surface area contributed by atoms with E-state index >= 15 is 0 Å². The van der Waals surface area contributed by atoms with Crippen molar-refractivity contribution in [3.63, 3.8) is 0 Å². The van der Waals surface area contributed by atoms with Gasteiger partial charge in [-0.05, 0) is 30.7 Å². The van der Waals surface area contributed by atoms with Crippen LogP contribution in [0.5, 0.6) is 0 Å². The number of hydrogen-bond donors (Lipinski definition) is 1. The van der Waals surface area contributed by atoms with Crippen LogP contribution in [-0.2, 0) is 21.4 Å². The van der Waals surface area contributed by atoms with E-state index in [0.29, 0.717) is 5.69 Å². The first kappa shape index (κ1) is 17.1. The van der Waals surface area contributed by atoms with Crippen molar-refractivity contribution in [1.82, 2.24) is 4.31 Å². The molecule has 23 heavy (non-hydrogen) atoms. The second kappa shape index (κ2) is 6.89. The molecule has 122 valence electrons. The standard InChI is InChI=1S/C16H19N3O3S/c1-13-7-9-19(10-8-13)12-16(20)17-14-5-4-6-15(11-14)23(21,22)18(2)3/h4-11H,12H2,1-3H3/p+1. The van der Waals surface area contributed by atoms with Gasteiger partial charge in [-0.2, -0.15) is 4.57 Å². The number of amides is 1. The van der Waals surface area contributed by atoms with Gasteiger partial charge < -0.3 is 5.32 Å². The number of sulfonamides is 1. The third-order valence-corrected chi connectivity index (χ3v) is 5.09. The molecule has 0 radical (unpaired) electrons. The number of nitrogens with zero attached hydrogens (tertiary/aromatic N) is 2. The van der Waals surface area contributed by atoms with Crippen LogP contribution in [0.4, 0.5) is 5.69 Å². The molecule has 0 saturated carbocycles. The van der Waals surface area contributed by atoms with Crippen LogP contribution in [0, 0.1) is 6.92 Å². The molecule has 0 atom stereocenters. The highest BCUT2D eigenvalue weighted by atomic mass is 32.2. The van der Waals surface area contributed by atoms with Crippen LogP contribution in [0.3, 0.4) is 0 Å². The fourth-order valence-corrected chi connectivity index (χ4v) is 2.90. The minimum atomic E-state index is -3.52. The molecule has 0 aliphatic carbocycles. The van der Waals surface area contributed by atoms with Gasteiger partial charge in [-0.25, -0.2) is 12.7 Å². The van der Waals surface area contributed by atoms with Crippen LogP contribution < -0.4 is 9.88 Å². The lowest BCUT2D eigenvalue weighted by Gasteiger charge is -2.12. The molecule has 1 amide bonds. The van der Waals surface area contributed by atoms with Gasteiger partial charge in [0.25, 0.3) is 5.91 Å². The SMILES string of the molecule is Cc1cc[n+](CC(=O)Nc2cccc(S(=O)(=O)N(C)C)c2)cc1. The molecule has 1 aromatic carbocycles. The maximum absolute atomic E-state index is 12.1. The van der Waals surface area contributed by atoms with Gasteiger partial charge in [-0.1, -0.05) is 6.07 Å². The molecule has 6 nitrogen and oxygen atoms in total. The lowest BCUT2D eigenvalue weighted by Crippen LogP contribution is -2.39. The summed E-state index contributed by atoms with van der Waals surface area (Å²) in [5.41, 5.74) is 1.56. The number of benzene rings is 1. The average molecular weight is 334 g/mol. The van der Waals surface area contributed by atoms with E-state index in [-0.39, 0.29) is 17.3 Å². The summed E-state index contributed by atoms with van der Waals surface area (Å²) >= 11 is 0. The zero-order valence-corrected chi connectivity index (χ0v) is 14.2. The van der Waals surface area contributed by atoms with Crippen LogP contribution >= 0.6 is 0 Å². The first-order chi connectivity index (χ1) is 10.8. The summed E-state index contributed by atoms with van der Waals surface area (Å²) in [6, 6.07) is 10.0. The number of carbonyl (C=O) groups excluding carboxylic acids is 1. The maximum atomic E-state index is 12.1. The largest absolute Gasteiger partial charge is 0.321 e. The number of pyridine rings is 1. The number of aryl methyl sites for hydroxylation is 1. The minimum Gasteiger partial charge on any atom is -0.321 e. The predicted octanol–water partition coefficient (Wildman–Crippen LogP) is 1.17. The number of aromatic nitrogens is 1. The van der Waals surface area contributed by atoms with Crippen molar-refractivity contribution >= 4 is 21.6 Å². The van der Waals surface area contributed by atoms with E-state index in [1.165, 1.54) is 26.2 Å². The summed E-state index contributed by atoms with van der Waals surface area (Å²) in [6.07, 6.45) is 3.64. The molecule has 0 fully saturated rings. The van der Waals surface area contributed by atoms with Crippen molar-refractivity contribution in [1.29, 1.82) is 0 Å². The predicted molar refractivity (Wildman–Crippen MR) is 87.3 cm³/mol. The summed E-state index contributed by atoms with van der Waals surface area (Å²) in [7, 11) is -0.588. The highest BCUT2D eigenvalue weighted by Crippen LogP contribution is 2.17. The first-order valence-electron chi connectivity index (χ1n) is 7.07. The van der Waals surface area contributed by atoms with Crippen LogP contribution in [-0.4, -0.2) is 32.7 Å². The molecule has 2 rings (SSSR count). The zero-order valence-electron chi connectivity index (χ0n) is 13.4. The highest BCUT2D eigenvalue weighted by Gasteiger charge is 2.18. The Bertz CT molecular complexity index is 800. The van der Waals surface area contributed by atoms with Gasteiger partial charge in [-0.3, -0.25) is 4.79 Å². The maximum Gasteiger partial charge on any atom is 0.290 e. The Kier molecular flexibility index (Phi) is 5.12. The Morgan fingerprint density at radius 1 is 1.17 bits per heavy atom. The monoisotopic (exact) mass is 334 g/mol. The van der Waals surface area contributed by atoms with Gasteiger partial charge in [-0.15, -0.1) is 0 Å². The second-order valence-electron chi connectivity index (χ2n) is 5.41. The van der Waals surface area contributed by atoms with Gasteiger partial charge in [0.15, 0.2) is 12.4 Å². The van der Waals surface area contributed by atoms with Crippen LogP contribution in [0.1, 0.15) is 5.56 Å². The lowest BCUT2D eigenvalue weighted by atomic mass is 10.3. The summed E-state index contributed by atoms with van der Waals surface area (Å²) in [5, 5.41) is 2.71. The highest BCUT2D eigenvalue weighted by molar-refractivity contribution is 7.89. The zero-order chi connectivity index (χ0) is 17.0. The van der Waals surface area contributed by atoms with E-state index in [0.717, 1.165) is 9.87 Å². The van der Waals surface area contributed by atoms with Crippen molar-refractivity contribution in [2.24, 2.45) is 0 Å². The Morgan fingerprint density at radius 2 is 1.83 bits per heavy atom.